The van der Waals surface area contributed by atoms with Gasteiger partial charge in [0.1, 0.15) is 23.7 Å². The van der Waals surface area contributed by atoms with E-state index in [1.807, 2.05) is 6.07 Å². The van der Waals surface area contributed by atoms with E-state index >= 15 is 0 Å². The van der Waals surface area contributed by atoms with Crippen LogP contribution in [-0.4, -0.2) is 42.3 Å². The predicted octanol–water partition coefficient (Wildman–Crippen LogP) is 4.58. The lowest BCUT2D eigenvalue weighted by Crippen LogP contribution is -2.36. The van der Waals surface area contributed by atoms with Crippen LogP contribution in [0.2, 0.25) is 0 Å². The van der Waals surface area contributed by atoms with Gasteiger partial charge in [-0.25, -0.2) is 19.6 Å². The van der Waals surface area contributed by atoms with Crippen LogP contribution in [0.1, 0.15) is 42.1 Å². The van der Waals surface area contributed by atoms with Gasteiger partial charge in [0.25, 0.3) is 0 Å². The molecule has 1 aromatic carbocycles. The zero-order valence-electron chi connectivity index (χ0n) is 20.7. The Bertz CT molecular complexity index is 1520. The van der Waals surface area contributed by atoms with Crippen molar-refractivity contribution in [3.63, 3.8) is 0 Å². The number of aromatic nitrogens is 6. The Morgan fingerprint density at radius 3 is 2.55 bits per heavy atom. The largest absolute Gasteiger partial charge is 0.480 e. The number of methoxy groups -OCH3 is 1. The van der Waals surface area contributed by atoms with Gasteiger partial charge >= 0.3 is 6.18 Å². The second-order valence-corrected chi connectivity index (χ2v) is 9.51. The zero-order chi connectivity index (χ0) is 26.6. The molecule has 0 atom stereocenters. The molecule has 196 valence electrons. The number of halogens is 3. The van der Waals surface area contributed by atoms with Gasteiger partial charge in [-0.2, -0.15) is 18.3 Å². The van der Waals surface area contributed by atoms with Crippen molar-refractivity contribution in [2.24, 2.45) is 7.05 Å². The molecule has 4 heterocycles. The first-order chi connectivity index (χ1) is 18.2. The second kappa shape index (κ2) is 8.96. The molecule has 1 saturated carbocycles. The molecule has 1 aliphatic heterocycles. The summed E-state index contributed by atoms with van der Waals surface area (Å²) in [6, 6.07) is 8.87. The third kappa shape index (κ3) is 4.29. The highest BCUT2D eigenvalue weighted by atomic mass is 19.4. The Labute approximate surface area is 215 Å². The predicted molar refractivity (Wildman–Crippen MR) is 131 cm³/mol. The molecule has 0 bridgehead atoms. The van der Waals surface area contributed by atoms with Crippen molar-refractivity contribution in [1.82, 2.24) is 29.3 Å². The van der Waals surface area contributed by atoms with Crippen LogP contribution >= 0.6 is 0 Å². The highest BCUT2D eigenvalue weighted by Gasteiger charge is 2.35. The molecular weight excluding hydrogens is 499 g/mol. The van der Waals surface area contributed by atoms with Crippen molar-refractivity contribution in [3.8, 4) is 28.5 Å². The van der Waals surface area contributed by atoms with Gasteiger partial charge in [0.05, 0.1) is 31.5 Å². The molecule has 1 aliphatic carbocycles. The fraction of sp³-hybridized carbons (Fsp3) is 0.346. The van der Waals surface area contributed by atoms with E-state index in [1.165, 1.54) is 17.9 Å². The standard InChI is InChI=1S/C26H24F3N7O2/c1-34-13-19(26(27,28)29)32-24(34)17-5-3-15(4-6-17)12-35-20-11-18(33-36(20)10-9-21(35)37)22-23(16-7-8-16)30-14-31-25(22)38-2/h3-6,11,13-14,16H,7-10,12H2,1-2H3. The topological polar surface area (TPSA) is 91.0 Å². The van der Waals surface area contributed by atoms with Gasteiger partial charge in [-0.3, -0.25) is 9.69 Å². The first-order valence-corrected chi connectivity index (χ1v) is 12.2. The van der Waals surface area contributed by atoms with Gasteiger partial charge in [0.15, 0.2) is 5.69 Å². The summed E-state index contributed by atoms with van der Waals surface area (Å²) in [5, 5.41) is 4.77. The number of aryl methyl sites for hydroxylation is 2. The van der Waals surface area contributed by atoms with E-state index < -0.39 is 11.9 Å². The van der Waals surface area contributed by atoms with Gasteiger partial charge in [0.2, 0.25) is 11.8 Å². The lowest BCUT2D eigenvalue weighted by Gasteiger charge is -2.27. The molecular formula is C26H24F3N7O2. The van der Waals surface area contributed by atoms with Gasteiger partial charge in [-0.05, 0) is 18.4 Å². The van der Waals surface area contributed by atoms with Crippen molar-refractivity contribution in [2.75, 3.05) is 12.0 Å². The molecule has 0 radical (unpaired) electrons. The minimum Gasteiger partial charge on any atom is -0.480 e. The quantitative estimate of drug-likeness (QED) is 0.368. The minimum absolute atomic E-state index is 0.0364. The monoisotopic (exact) mass is 523 g/mol. The van der Waals surface area contributed by atoms with E-state index in [2.05, 4.69) is 15.0 Å². The Morgan fingerprint density at radius 2 is 1.89 bits per heavy atom. The third-order valence-electron chi connectivity index (χ3n) is 6.85. The number of alkyl halides is 3. The van der Waals surface area contributed by atoms with Crippen LogP contribution in [0.4, 0.5) is 19.0 Å². The van der Waals surface area contributed by atoms with Crippen molar-refractivity contribution in [2.45, 2.75) is 44.4 Å². The lowest BCUT2D eigenvalue weighted by atomic mass is 10.1. The number of ether oxygens (including phenoxy) is 1. The molecule has 1 amide bonds. The molecule has 1 fully saturated rings. The number of carbonyl (C=O) groups excluding carboxylic acids is 1. The van der Waals surface area contributed by atoms with E-state index in [9.17, 15) is 18.0 Å². The van der Waals surface area contributed by atoms with E-state index in [4.69, 9.17) is 9.84 Å². The van der Waals surface area contributed by atoms with Crippen molar-refractivity contribution in [1.29, 1.82) is 0 Å². The maximum absolute atomic E-state index is 13.1. The molecule has 0 saturated heterocycles. The second-order valence-electron chi connectivity index (χ2n) is 9.51. The fourth-order valence-electron chi connectivity index (χ4n) is 4.80. The van der Waals surface area contributed by atoms with Crippen LogP contribution in [0.15, 0.2) is 42.9 Å². The van der Waals surface area contributed by atoms with Crippen LogP contribution in [-0.2, 0) is 31.1 Å². The van der Waals surface area contributed by atoms with E-state index in [-0.39, 0.29) is 18.3 Å². The van der Waals surface area contributed by atoms with Crippen LogP contribution in [0.5, 0.6) is 5.88 Å². The number of fused-ring (bicyclic) bond motifs is 1. The number of imidazole rings is 1. The third-order valence-corrected chi connectivity index (χ3v) is 6.85. The average molecular weight is 524 g/mol. The summed E-state index contributed by atoms with van der Waals surface area (Å²) >= 11 is 0. The summed E-state index contributed by atoms with van der Waals surface area (Å²) in [5.74, 6) is 1.64. The number of hydrogen-bond donors (Lipinski definition) is 0. The smallest absolute Gasteiger partial charge is 0.434 e. The van der Waals surface area contributed by atoms with Gasteiger partial charge in [-0.15, -0.1) is 0 Å². The Kier molecular flexibility index (Phi) is 5.69. The molecule has 2 aliphatic rings. The number of benzene rings is 1. The van der Waals surface area contributed by atoms with Gasteiger partial charge in [-0.1, -0.05) is 24.3 Å². The van der Waals surface area contributed by atoms with Crippen molar-refractivity contribution >= 4 is 11.7 Å². The van der Waals surface area contributed by atoms with Crippen LogP contribution in [0.25, 0.3) is 22.6 Å². The number of hydrogen-bond acceptors (Lipinski definition) is 6. The van der Waals surface area contributed by atoms with Crippen LogP contribution in [0, 0.1) is 0 Å². The summed E-state index contributed by atoms with van der Waals surface area (Å²) in [4.78, 5) is 27.2. The first kappa shape index (κ1) is 24.1. The fourth-order valence-corrected chi connectivity index (χ4v) is 4.80. The molecule has 0 spiro atoms. The molecule has 38 heavy (non-hydrogen) atoms. The number of carbonyl (C=O) groups is 1. The Morgan fingerprint density at radius 1 is 1.13 bits per heavy atom. The van der Waals surface area contributed by atoms with E-state index in [0.717, 1.165) is 35.9 Å². The number of rotatable bonds is 6. The van der Waals surface area contributed by atoms with Gasteiger partial charge in [0, 0.05) is 37.2 Å². The maximum atomic E-state index is 13.1. The first-order valence-electron chi connectivity index (χ1n) is 12.2. The number of amides is 1. The summed E-state index contributed by atoms with van der Waals surface area (Å²) in [6.07, 6.45) is 0.365. The molecule has 3 aromatic heterocycles. The van der Waals surface area contributed by atoms with Crippen molar-refractivity contribution < 1.29 is 22.7 Å². The molecule has 0 unspecified atom stereocenters. The highest BCUT2D eigenvalue weighted by molar-refractivity contribution is 5.94. The zero-order valence-corrected chi connectivity index (χ0v) is 20.7. The van der Waals surface area contributed by atoms with Gasteiger partial charge < -0.3 is 9.30 Å². The van der Waals surface area contributed by atoms with Crippen molar-refractivity contribution in [3.05, 3.63) is 59.8 Å². The molecule has 12 heteroatoms. The minimum atomic E-state index is -4.51. The molecule has 9 nitrogen and oxygen atoms in total. The maximum Gasteiger partial charge on any atom is 0.434 e. The molecule has 0 N–H and O–H groups in total. The summed E-state index contributed by atoms with van der Waals surface area (Å²) < 4.78 is 47.9. The Hall–Kier alpha value is -4.22. The average Bonchev–Trinajstić information content (AvgIpc) is 3.53. The SMILES string of the molecule is COc1ncnc(C2CC2)c1-c1cc2n(n1)CCC(=O)N2Cc1ccc(-c2nc(C(F)(F)F)cn2C)cc1. The molecule has 4 aromatic rings. The number of nitrogens with zero attached hydrogens (tertiary/aromatic N) is 7. The Balaban J connectivity index is 1.29. The number of anilines is 1. The summed E-state index contributed by atoms with van der Waals surface area (Å²) in [5.41, 5.74) is 2.75. The summed E-state index contributed by atoms with van der Waals surface area (Å²) in [7, 11) is 3.09. The summed E-state index contributed by atoms with van der Waals surface area (Å²) in [6.45, 7) is 0.746. The van der Waals surface area contributed by atoms with Crippen LogP contribution in [0.3, 0.4) is 0 Å². The van der Waals surface area contributed by atoms with Crippen LogP contribution < -0.4 is 9.64 Å². The highest BCUT2D eigenvalue weighted by Crippen LogP contribution is 2.46. The van der Waals surface area contributed by atoms with E-state index in [0.29, 0.717) is 41.8 Å². The lowest BCUT2D eigenvalue weighted by molar-refractivity contribution is -0.140. The normalized spacial score (nSPS) is 15.6. The van der Waals surface area contributed by atoms with E-state index in [1.54, 1.807) is 41.0 Å². The molecule has 6 rings (SSSR count).